The van der Waals surface area contributed by atoms with Crippen molar-refractivity contribution in [1.29, 1.82) is 0 Å². The molecule has 2 heterocycles. The number of anilines is 1. The molecule has 0 fully saturated rings. The van der Waals surface area contributed by atoms with Gasteiger partial charge < -0.3 is 14.7 Å². The van der Waals surface area contributed by atoms with Crippen LogP contribution in [0.1, 0.15) is 5.69 Å². The zero-order valence-electron chi connectivity index (χ0n) is 9.01. The van der Waals surface area contributed by atoms with E-state index in [4.69, 9.17) is 9.47 Å². The molecular weight excluding hydrogens is 212 g/mol. The molecule has 6 nitrogen and oxygen atoms in total. The molecule has 1 aromatic heterocycles. The highest BCUT2D eigenvalue weighted by Crippen LogP contribution is 2.35. The molecule has 0 spiro atoms. The lowest BCUT2D eigenvalue weighted by Gasteiger charge is -2.24. The normalized spacial score (nSPS) is 14.2. The van der Waals surface area contributed by atoms with Crippen molar-refractivity contribution in [2.45, 2.75) is 0 Å². The molecule has 86 valence electrons. The fourth-order valence-corrected chi connectivity index (χ4v) is 1.69. The summed E-state index contributed by atoms with van der Waals surface area (Å²) in [6, 6.07) is 1.49. The second-order valence-corrected chi connectivity index (χ2v) is 3.26. The summed E-state index contributed by atoms with van der Waals surface area (Å²) in [5, 5.41) is 22.3. The lowest BCUT2D eigenvalue weighted by atomic mass is 10.1. The molecule has 2 rings (SSSR count). The zero-order chi connectivity index (χ0) is 11.7. The van der Waals surface area contributed by atoms with Crippen LogP contribution >= 0.6 is 0 Å². The van der Waals surface area contributed by atoms with Gasteiger partial charge in [0.25, 0.3) is 5.69 Å². The number of rotatable bonds is 2. The average molecular weight is 224 g/mol. The molecule has 1 N–H and O–H groups in total. The van der Waals surface area contributed by atoms with Gasteiger partial charge in [-0.25, -0.2) is 5.06 Å². The predicted octanol–water partition coefficient (Wildman–Crippen LogP) is 0.525. The van der Waals surface area contributed by atoms with Crippen LogP contribution in [0.4, 0.5) is 5.69 Å². The van der Waals surface area contributed by atoms with Gasteiger partial charge in [-0.2, -0.15) is 4.73 Å². The van der Waals surface area contributed by atoms with Gasteiger partial charge in [-0.05, 0) is 6.08 Å². The van der Waals surface area contributed by atoms with E-state index in [1.807, 2.05) is 0 Å². The molecule has 0 bridgehead atoms. The monoisotopic (exact) mass is 224 g/mol. The minimum atomic E-state index is 0.246. The first-order valence-electron chi connectivity index (χ1n) is 4.70. The van der Waals surface area contributed by atoms with Gasteiger partial charge in [0.2, 0.25) is 0 Å². The van der Waals surface area contributed by atoms with Crippen molar-refractivity contribution >= 4 is 11.4 Å². The lowest BCUT2D eigenvalue weighted by molar-refractivity contribution is -0.608. The SMILES string of the molecule is COC1=CCN(O)c2c(OC)cc[n+]([O-])c21. The van der Waals surface area contributed by atoms with Crippen LogP contribution in [0, 0.1) is 5.21 Å². The molecule has 0 saturated heterocycles. The number of hydrogen-bond donors (Lipinski definition) is 1. The fraction of sp³-hybridized carbons (Fsp3) is 0.300. The summed E-state index contributed by atoms with van der Waals surface area (Å²) < 4.78 is 10.8. The first-order valence-corrected chi connectivity index (χ1v) is 4.70. The van der Waals surface area contributed by atoms with Crippen LogP contribution in [-0.4, -0.2) is 26.0 Å². The van der Waals surface area contributed by atoms with Gasteiger partial charge in [-0.15, -0.1) is 0 Å². The van der Waals surface area contributed by atoms with Crippen LogP contribution < -0.4 is 14.5 Å². The summed E-state index contributed by atoms with van der Waals surface area (Å²) in [4.78, 5) is 0. The van der Waals surface area contributed by atoms with Crippen LogP contribution in [0.5, 0.6) is 5.75 Å². The van der Waals surface area contributed by atoms with Crippen LogP contribution in [-0.2, 0) is 4.74 Å². The van der Waals surface area contributed by atoms with E-state index in [1.165, 1.54) is 26.5 Å². The van der Waals surface area contributed by atoms with Crippen LogP contribution in [0.3, 0.4) is 0 Å². The van der Waals surface area contributed by atoms with Crippen LogP contribution in [0.2, 0.25) is 0 Å². The Bertz CT molecular complexity index is 445. The molecule has 0 aromatic carbocycles. The second kappa shape index (κ2) is 3.90. The van der Waals surface area contributed by atoms with E-state index in [9.17, 15) is 10.4 Å². The van der Waals surface area contributed by atoms with E-state index >= 15 is 0 Å². The maximum Gasteiger partial charge on any atom is 0.288 e. The predicted molar refractivity (Wildman–Crippen MR) is 56.1 cm³/mol. The van der Waals surface area contributed by atoms with Gasteiger partial charge in [0, 0.05) is 6.07 Å². The van der Waals surface area contributed by atoms with Gasteiger partial charge in [0.15, 0.2) is 23.4 Å². The molecule has 16 heavy (non-hydrogen) atoms. The van der Waals surface area contributed by atoms with Crippen molar-refractivity contribution in [2.75, 3.05) is 25.8 Å². The van der Waals surface area contributed by atoms with Crippen molar-refractivity contribution in [2.24, 2.45) is 0 Å². The van der Waals surface area contributed by atoms with Crippen molar-refractivity contribution in [3.8, 4) is 5.75 Å². The number of fused-ring (bicyclic) bond motifs is 1. The molecule has 0 radical (unpaired) electrons. The van der Waals surface area contributed by atoms with Crippen molar-refractivity contribution in [3.05, 3.63) is 29.2 Å². The third kappa shape index (κ3) is 1.43. The number of aromatic nitrogens is 1. The molecule has 0 aliphatic carbocycles. The number of pyridine rings is 1. The smallest absolute Gasteiger partial charge is 0.288 e. The van der Waals surface area contributed by atoms with Gasteiger partial charge in [-0.3, -0.25) is 5.21 Å². The highest BCUT2D eigenvalue weighted by Gasteiger charge is 2.30. The van der Waals surface area contributed by atoms with Gasteiger partial charge >= 0.3 is 0 Å². The summed E-state index contributed by atoms with van der Waals surface area (Å²) in [7, 11) is 2.95. The molecule has 0 saturated carbocycles. The molecule has 0 unspecified atom stereocenters. The van der Waals surface area contributed by atoms with E-state index in [0.717, 1.165) is 5.06 Å². The van der Waals surface area contributed by atoms with Crippen molar-refractivity contribution in [3.63, 3.8) is 0 Å². The van der Waals surface area contributed by atoms with Gasteiger partial charge in [0.1, 0.15) is 0 Å². The maximum atomic E-state index is 11.6. The second-order valence-electron chi connectivity index (χ2n) is 3.26. The van der Waals surface area contributed by atoms with Crippen molar-refractivity contribution < 1.29 is 19.4 Å². The van der Waals surface area contributed by atoms with Crippen LogP contribution in [0.15, 0.2) is 18.3 Å². The van der Waals surface area contributed by atoms with Gasteiger partial charge in [0.05, 0.1) is 20.8 Å². The molecule has 0 atom stereocenters. The van der Waals surface area contributed by atoms with Crippen molar-refractivity contribution in [1.82, 2.24) is 0 Å². The number of hydrogen-bond acceptors (Lipinski definition) is 5. The molecular formula is C10H12N2O4. The highest BCUT2D eigenvalue weighted by molar-refractivity contribution is 5.75. The summed E-state index contributed by atoms with van der Waals surface area (Å²) in [5.74, 6) is 0.849. The third-order valence-electron chi connectivity index (χ3n) is 2.42. The van der Waals surface area contributed by atoms with E-state index in [2.05, 4.69) is 0 Å². The summed E-state index contributed by atoms with van der Waals surface area (Å²) >= 11 is 0. The average Bonchev–Trinajstić information content (AvgIpc) is 2.31. The maximum absolute atomic E-state index is 11.6. The number of hydroxylamine groups is 1. The summed E-state index contributed by atoms with van der Waals surface area (Å²) in [6.45, 7) is 0.247. The summed E-state index contributed by atoms with van der Waals surface area (Å²) in [6.07, 6.45) is 2.93. The molecule has 0 amide bonds. The molecule has 6 heteroatoms. The number of methoxy groups -OCH3 is 2. The Labute approximate surface area is 92.5 Å². The standard InChI is InChI=1S/C10H12N2O4/c1-15-7-3-5-12(14)10-8(16-2)4-6-11(13)9(7)10/h3-5,13H,6H2,1-2H3. The third-order valence-corrected chi connectivity index (χ3v) is 2.42. The zero-order valence-corrected chi connectivity index (χ0v) is 9.01. The largest absolute Gasteiger partial charge is 0.618 e. The Morgan fingerprint density at radius 2 is 2.19 bits per heavy atom. The van der Waals surface area contributed by atoms with Gasteiger partial charge in [-0.1, -0.05) is 0 Å². The van der Waals surface area contributed by atoms with E-state index in [1.54, 1.807) is 6.08 Å². The Kier molecular flexibility index (Phi) is 2.57. The number of nitrogens with zero attached hydrogens (tertiary/aromatic N) is 2. The first-order chi connectivity index (χ1) is 7.69. The minimum Gasteiger partial charge on any atom is -0.618 e. The number of ether oxygens (including phenoxy) is 2. The Morgan fingerprint density at radius 1 is 1.44 bits per heavy atom. The quantitative estimate of drug-likeness (QED) is 0.586. The Balaban J connectivity index is 2.67. The molecule has 1 aliphatic heterocycles. The summed E-state index contributed by atoms with van der Waals surface area (Å²) in [5.41, 5.74) is 0.565. The lowest BCUT2D eigenvalue weighted by Crippen LogP contribution is -2.37. The van der Waals surface area contributed by atoms with E-state index in [0.29, 0.717) is 21.9 Å². The van der Waals surface area contributed by atoms with E-state index in [-0.39, 0.29) is 12.2 Å². The fourth-order valence-electron chi connectivity index (χ4n) is 1.69. The highest BCUT2D eigenvalue weighted by atomic mass is 16.5. The molecule has 1 aromatic rings. The Morgan fingerprint density at radius 3 is 2.81 bits per heavy atom. The molecule has 1 aliphatic rings. The van der Waals surface area contributed by atoms with Crippen LogP contribution in [0.25, 0.3) is 5.76 Å². The minimum absolute atomic E-state index is 0.246. The van der Waals surface area contributed by atoms with E-state index < -0.39 is 0 Å². The first kappa shape index (κ1) is 10.6. The topological polar surface area (TPSA) is 68.9 Å². The Hall–Kier alpha value is -1.95.